The molecule has 0 aromatic carbocycles. The van der Waals surface area contributed by atoms with Gasteiger partial charge in [-0.1, -0.05) is 11.6 Å². The van der Waals surface area contributed by atoms with E-state index in [-0.39, 0.29) is 11.2 Å². The molecule has 0 aliphatic heterocycles. The summed E-state index contributed by atoms with van der Waals surface area (Å²) < 4.78 is 0.639. The number of alkyl halides is 1. The Morgan fingerprint density at radius 3 is 2.75 bits per heavy atom. The van der Waals surface area contributed by atoms with Crippen molar-refractivity contribution >= 4 is 40.3 Å². The van der Waals surface area contributed by atoms with Gasteiger partial charge in [-0.3, -0.25) is 4.79 Å². The van der Waals surface area contributed by atoms with Gasteiger partial charge in [-0.25, -0.2) is 0 Å². The summed E-state index contributed by atoms with van der Waals surface area (Å²) in [7, 11) is 0. The number of carbonyl (C=O) groups is 1. The van der Waals surface area contributed by atoms with E-state index >= 15 is 0 Å². The topological polar surface area (TPSA) is 17.1 Å². The minimum Gasteiger partial charge on any atom is -0.293 e. The van der Waals surface area contributed by atoms with Crippen LogP contribution in [0.15, 0.2) is 12.1 Å². The lowest BCUT2D eigenvalue weighted by atomic mass is 10.2. The normalized spacial score (nSPS) is 12.9. The zero-order valence-electron chi connectivity index (χ0n) is 6.51. The summed E-state index contributed by atoms with van der Waals surface area (Å²) in [5, 5.41) is -0.113. The van der Waals surface area contributed by atoms with Crippen LogP contribution < -0.4 is 0 Å². The molecule has 1 aromatic heterocycles. The van der Waals surface area contributed by atoms with Crippen molar-refractivity contribution in [3.05, 3.63) is 21.3 Å². The number of halogens is 2. The van der Waals surface area contributed by atoms with E-state index in [0.717, 1.165) is 0 Å². The van der Waals surface area contributed by atoms with E-state index in [0.29, 0.717) is 15.6 Å². The van der Waals surface area contributed by atoms with Crippen molar-refractivity contribution in [2.45, 2.75) is 18.7 Å². The van der Waals surface area contributed by atoms with Crippen LogP contribution in [-0.4, -0.2) is 11.2 Å². The standard InChI is InChI=1S/C8H8Cl2OS/c1-5(9)4-6(11)7-2-3-8(10)12-7/h2-3,5H,4H2,1H3. The first-order chi connectivity index (χ1) is 5.59. The van der Waals surface area contributed by atoms with Crippen LogP contribution in [0.4, 0.5) is 0 Å². The van der Waals surface area contributed by atoms with Crippen LogP contribution in [0.2, 0.25) is 4.34 Å². The highest BCUT2D eigenvalue weighted by molar-refractivity contribution is 7.18. The molecule has 1 unspecified atom stereocenters. The highest BCUT2D eigenvalue weighted by atomic mass is 35.5. The number of thiophene rings is 1. The lowest BCUT2D eigenvalue weighted by molar-refractivity contribution is 0.0987. The third-order valence-electron chi connectivity index (χ3n) is 1.31. The van der Waals surface area contributed by atoms with Gasteiger partial charge >= 0.3 is 0 Å². The SMILES string of the molecule is CC(Cl)CC(=O)c1ccc(Cl)s1. The Balaban J connectivity index is 2.65. The number of Topliss-reactive ketones (excluding diaryl/α,β-unsaturated/α-hetero) is 1. The number of ketones is 1. The molecule has 1 heterocycles. The Bertz CT molecular complexity index is 280. The van der Waals surface area contributed by atoms with Crippen molar-refractivity contribution in [1.29, 1.82) is 0 Å². The summed E-state index contributed by atoms with van der Waals surface area (Å²) in [5.41, 5.74) is 0. The molecular weight excluding hydrogens is 215 g/mol. The van der Waals surface area contributed by atoms with Crippen molar-refractivity contribution in [2.24, 2.45) is 0 Å². The van der Waals surface area contributed by atoms with Gasteiger partial charge in [0, 0.05) is 11.8 Å². The van der Waals surface area contributed by atoms with Crippen LogP contribution in [-0.2, 0) is 0 Å². The van der Waals surface area contributed by atoms with Gasteiger partial charge in [0.25, 0.3) is 0 Å². The van der Waals surface area contributed by atoms with Crippen LogP contribution in [0.3, 0.4) is 0 Å². The zero-order chi connectivity index (χ0) is 9.14. The van der Waals surface area contributed by atoms with Crippen molar-refractivity contribution in [1.82, 2.24) is 0 Å². The highest BCUT2D eigenvalue weighted by Crippen LogP contribution is 2.23. The molecule has 66 valence electrons. The minimum absolute atomic E-state index is 0.0643. The van der Waals surface area contributed by atoms with E-state index in [2.05, 4.69) is 0 Å². The highest BCUT2D eigenvalue weighted by Gasteiger charge is 2.10. The predicted molar refractivity (Wildman–Crippen MR) is 53.6 cm³/mol. The second-order valence-electron chi connectivity index (χ2n) is 2.51. The Morgan fingerprint density at radius 2 is 2.33 bits per heavy atom. The maximum Gasteiger partial charge on any atom is 0.174 e. The summed E-state index contributed by atoms with van der Waals surface area (Å²) in [6, 6.07) is 3.45. The lowest BCUT2D eigenvalue weighted by Crippen LogP contribution is -2.02. The largest absolute Gasteiger partial charge is 0.293 e. The maximum atomic E-state index is 11.3. The number of carbonyl (C=O) groups excluding carboxylic acids is 1. The number of rotatable bonds is 3. The van der Waals surface area contributed by atoms with Gasteiger partial charge in [0.05, 0.1) is 9.21 Å². The summed E-state index contributed by atoms with van der Waals surface area (Å²) in [6.45, 7) is 1.80. The fraction of sp³-hybridized carbons (Fsp3) is 0.375. The van der Waals surface area contributed by atoms with Crippen LogP contribution in [0, 0.1) is 0 Å². The molecule has 0 aliphatic carbocycles. The van der Waals surface area contributed by atoms with E-state index in [1.165, 1.54) is 11.3 Å². The fourth-order valence-corrected chi connectivity index (χ4v) is 1.95. The minimum atomic E-state index is -0.113. The van der Waals surface area contributed by atoms with Crippen molar-refractivity contribution in [3.8, 4) is 0 Å². The smallest absolute Gasteiger partial charge is 0.174 e. The van der Waals surface area contributed by atoms with Gasteiger partial charge in [-0.2, -0.15) is 0 Å². The third-order valence-corrected chi connectivity index (χ3v) is 2.74. The quantitative estimate of drug-likeness (QED) is 0.565. The van der Waals surface area contributed by atoms with E-state index in [9.17, 15) is 4.79 Å². The second-order valence-corrected chi connectivity index (χ2v) is 4.97. The number of hydrogen-bond acceptors (Lipinski definition) is 2. The molecule has 0 radical (unpaired) electrons. The molecule has 12 heavy (non-hydrogen) atoms. The average Bonchev–Trinajstić information content (AvgIpc) is 2.34. The van der Waals surface area contributed by atoms with Crippen LogP contribution in [0.5, 0.6) is 0 Å². The monoisotopic (exact) mass is 222 g/mol. The van der Waals surface area contributed by atoms with Crippen molar-refractivity contribution in [3.63, 3.8) is 0 Å². The number of hydrogen-bond donors (Lipinski definition) is 0. The average molecular weight is 223 g/mol. The summed E-state index contributed by atoms with van der Waals surface area (Å²) in [4.78, 5) is 12.0. The molecule has 1 nitrogen and oxygen atoms in total. The van der Waals surface area contributed by atoms with E-state index in [1.807, 2.05) is 0 Å². The van der Waals surface area contributed by atoms with Crippen LogP contribution in [0.25, 0.3) is 0 Å². The first-order valence-electron chi connectivity index (χ1n) is 3.52. The van der Waals surface area contributed by atoms with Gasteiger partial charge in [0.1, 0.15) is 0 Å². The summed E-state index contributed by atoms with van der Waals surface area (Å²) in [6.07, 6.45) is 0.373. The molecule has 0 amide bonds. The summed E-state index contributed by atoms with van der Waals surface area (Å²) >= 11 is 12.6. The molecule has 1 aromatic rings. The first-order valence-corrected chi connectivity index (χ1v) is 5.15. The fourth-order valence-electron chi connectivity index (χ4n) is 0.820. The molecule has 0 spiro atoms. The molecule has 0 fully saturated rings. The molecule has 1 rings (SSSR count). The Morgan fingerprint density at radius 1 is 1.67 bits per heavy atom. The van der Waals surface area contributed by atoms with E-state index in [1.54, 1.807) is 19.1 Å². The molecule has 0 bridgehead atoms. The molecule has 4 heteroatoms. The maximum absolute atomic E-state index is 11.3. The molecule has 1 atom stereocenters. The molecule has 0 N–H and O–H groups in total. The van der Waals surface area contributed by atoms with E-state index in [4.69, 9.17) is 23.2 Å². The van der Waals surface area contributed by atoms with Gasteiger partial charge < -0.3 is 0 Å². The molecule has 0 saturated carbocycles. The Kier molecular flexibility index (Phi) is 3.56. The first kappa shape index (κ1) is 10.0. The van der Waals surface area contributed by atoms with E-state index < -0.39 is 0 Å². The lowest BCUT2D eigenvalue weighted by Gasteiger charge is -1.98. The van der Waals surface area contributed by atoms with Gasteiger partial charge in [0.2, 0.25) is 0 Å². The molecule has 0 saturated heterocycles. The van der Waals surface area contributed by atoms with Crippen LogP contribution >= 0.6 is 34.5 Å². The molecular formula is C8H8Cl2OS. The zero-order valence-corrected chi connectivity index (χ0v) is 8.84. The van der Waals surface area contributed by atoms with Gasteiger partial charge in [-0.05, 0) is 19.1 Å². The van der Waals surface area contributed by atoms with Crippen LogP contribution in [0.1, 0.15) is 23.0 Å². The summed E-state index contributed by atoms with van der Waals surface area (Å²) in [5.74, 6) is 0.0643. The van der Waals surface area contributed by atoms with Crippen molar-refractivity contribution in [2.75, 3.05) is 0 Å². The Hall–Kier alpha value is -0.0500. The predicted octanol–water partition coefficient (Wildman–Crippen LogP) is 3.60. The molecule has 0 aliphatic rings. The second kappa shape index (κ2) is 4.26. The Labute approximate surface area is 85.3 Å². The van der Waals surface area contributed by atoms with Crippen molar-refractivity contribution < 1.29 is 4.79 Å². The third kappa shape index (κ3) is 2.77. The van der Waals surface area contributed by atoms with Gasteiger partial charge in [0.15, 0.2) is 5.78 Å². The van der Waals surface area contributed by atoms with Gasteiger partial charge in [-0.15, -0.1) is 22.9 Å².